The van der Waals surface area contributed by atoms with Gasteiger partial charge in [0.25, 0.3) is 0 Å². The van der Waals surface area contributed by atoms with Crippen LogP contribution in [0.5, 0.6) is 11.5 Å². The average Bonchev–Trinajstić information content (AvgIpc) is 2.76. The summed E-state index contributed by atoms with van der Waals surface area (Å²) in [4.78, 5) is 4.27. The standard InChI is InChI=1S/C24H33FN2O4/c1-26(14-18-3-5-20(25)6-4-18)15-19-13-23(30-2)7-8-24(19)31-17-22(29)16-27-11-9-21(28)10-12-27/h3-8,13,21-22,28-29H,9-12,14-17H2,1-2H3/t22-/m1/s1. The number of methoxy groups -OCH3 is 1. The summed E-state index contributed by atoms with van der Waals surface area (Å²) in [6, 6.07) is 12.1. The van der Waals surface area contributed by atoms with Gasteiger partial charge in [-0.15, -0.1) is 0 Å². The fourth-order valence-electron chi connectivity index (χ4n) is 3.83. The summed E-state index contributed by atoms with van der Waals surface area (Å²) in [6.45, 7) is 3.59. The normalized spacial score (nSPS) is 16.5. The van der Waals surface area contributed by atoms with Crippen LogP contribution in [-0.4, -0.2) is 72.6 Å². The van der Waals surface area contributed by atoms with Gasteiger partial charge < -0.3 is 24.6 Å². The first-order valence-corrected chi connectivity index (χ1v) is 10.7. The molecular formula is C24H33FN2O4. The van der Waals surface area contributed by atoms with E-state index in [9.17, 15) is 14.6 Å². The number of rotatable bonds is 10. The van der Waals surface area contributed by atoms with Gasteiger partial charge in [-0.25, -0.2) is 4.39 Å². The fourth-order valence-corrected chi connectivity index (χ4v) is 3.83. The topological polar surface area (TPSA) is 65.4 Å². The smallest absolute Gasteiger partial charge is 0.124 e. The maximum absolute atomic E-state index is 13.1. The third-order valence-electron chi connectivity index (χ3n) is 5.53. The van der Waals surface area contributed by atoms with Gasteiger partial charge in [-0.2, -0.15) is 0 Å². The van der Waals surface area contributed by atoms with Crippen LogP contribution in [0.4, 0.5) is 4.39 Å². The van der Waals surface area contributed by atoms with Crippen molar-refractivity contribution in [2.75, 3.05) is 40.4 Å². The van der Waals surface area contributed by atoms with Crippen LogP contribution in [0.2, 0.25) is 0 Å². The lowest BCUT2D eigenvalue weighted by Gasteiger charge is -2.31. The second-order valence-electron chi connectivity index (χ2n) is 8.27. The van der Waals surface area contributed by atoms with Gasteiger partial charge in [0.1, 0.15) is 30.0 Å². The Morgan fingerprint density at radius 3 is 2.52 bits per heavy atom. The number of likely N-dealkylation sites (tertiary alicyclic amines) is 1. The van der Waals surface area contributed by atoms with Gasteiger partial charge in [-0.1, -0.05) is 12.1 Å². The summed E-state index contributed by atoms with van der Waals surface area (Å²) >= 11 is 0. The minimum Gasteiger partial charge on any atom is -0.497 e. The first kappa shape index (κ1) is 23.5. The van der Waals surface area contributed by atoms with Crippen molar-refractivity contribution in [1.82, 2.24) is 9.80 Å². The highest BCUT2D eigenvalue weighted by Crippen LogP contribution is 2.26. The number of benzene rings is 2. The molecule has 3 rings (SSSR count). The van der Waals surface area contributed by atoms with Gasteiger partial charge in [0.2, 0.25) is 0 Å². The molecule has 1 fully saturated rings. The Morgan fingerprint density at radius 1 is 1.13 bits per heavy atom. The van der Waals surface area contributed by atoms with Crippen molar-refractivity contribution in [2.24, 2.45) is 0 Å². The Morgan fingerprint density at radius 2 is 1.84 bits per heavy atom. The van der Waals surface area contributed by atoms with E-state index in [2.05, 4.69) is 9.80 Å². The van der Waals surface area contributed by atoms with E-state index in [1.807, 2.05) is 25.2 Å². The molecule has 1 aliphatic heterocycles. The summed E-state index contributed by atoms with van der Waals surface area (Å²) in [5.74, 6) is 1.21. The molecule has 2 aromatic carbocycles. The van der Waals surface area contributed by atoms with E-state index in [1.54, 1.807) is 19.2 Å². The Kier molecular flexibility index (Phi) is 8.66. The van der Waals surface area contributed by atoms with Gasteiger partial charge >= 0.3 is 0 Å². The lowest BCUT2D eigenvalue weighted by molar-refractivity contribution is 0.0335. The van der Waals surface area contributed by atoms with Crippen molar-refractivity contribution < 1.29 is 24.1 Å². The summed E-state index contributed by atoms with van der Waals surface area (Å²) in [5, 5.41) is 20.0. The van der Waals surface area contributed by atoms with Gasteiger partial charge in [-0.05, 0) is 55.8 Å². The zero-order chi connectivity index (χ0) is 22.2. The highest BCUT2D eigenvalue weighted by molar-refractivity contribution is 5.40. The number of aliphatic hydroxyl groups is 2. The molecule has 1 heterocycles. The van der Waals surface area contributed by atoms with Crippen LogP contribution in [0, 0.1) is 5.82 Å². The lowest BCUT2D eigenvalue weighted by Crippen LogP contribution is -2.41. The van der Waals surface area contributed by atoms with E-state index < -0.39 is 6.10 Å². The first-order chi connectivity index (χ1) is 14.9. The summed E-state index contributed by atoms with van der Waals surface area (Å²) in [5.41, 5.74) is 1.98. The Labute approximate surface area is 183 Å². The SMILES string of the molecule is COc1ccc(OC[C@H](O)CN2CCC(O)CC2)c(CN(C)Cc2ccc(F)cc2)c1. The molecule has 2 N–H and O–H groups in total. The molecule has 0 bridgehead atoms. The summed E-state index contributed by atoms with van der Waals surface area (Å²) in [7, 11) is 3.62. The number of piperidine rings is 1. The number of β-amino-alcohol motifs (C(OH)–C–C–N with tert-alkyl or cyclic N) is 1. The van der Waals surface area contributed by atoms with E-state index in [1.165, 1.54) is 12.1 Å². The van der Waals surface area contributed by atoms with Crippen molar-refractivity contribution in [2.45, 2.75) is 38.1 Å². The second kappa shape index (κ2) is 11.4. The highest BCUT2D eigenvalue weighted by Gasteiger charge is 2.20. The molecule has 0 radical (unpaired) electrons. The first-order valence-electron chi connectivity index (χ1n) is 10.7. The third kappa shape index (κ3) is 7.47. The maximum Gasteiger partial charge on any atom is 0.124 e. The van der Waals surface area contributed by atoms with E-state index in [-0.39, 0.29) is 18.5 Å². The minimum absolute atomic E-state index is 0.195. The molecule has 0 spiro atoms. The largest absolute Gasteiger partial charge is 0.497 e. The average molecular weight is 433 g/mol. The van der Waals surface area contributed by atoms with Crippen LogP contribution in [0.25, 0.3) is 0 Å². The summed E-state index contributed by atoms with van der Waals surface area (Å²) in [6.07, 6.45) is 0.660. The van der Waals surface area contributed by atoms with E-state index in [0.717, 1.165) is 42.8 Å². The maximum atomic E-state index is 13.1. The van der Waals surface area contributed by atoms with Crippen LogP contribution >= 0.6 is 0 Å². The van der Waals surface area contributed by atoms with E-state index in [4.69, 9.17) is 9.47 Å². The van der Waals surface area contributed by atoms with Crippen LogP contribution in [0.15, 0.2) is 42.5 Å². The molecule has 7 heteroatoms. The van der Waals surface area contributed by atoms with E-state index >= 15 is 0 Å². The second-order valence-corrected chi connectivity index (χ2v) is 8.27. The number of halogens is 1. The molecule has 0 unspecified atom stereocenters. The predicted octanol–water partition coefficient (Wildman–Crippen LogP) is 2.66. The molecule has 1 saturated heterocycles. The van der Waals surface area contributed by atoms with Gasteiger partial charge in [0.15, 0.2) is 0 Å². The molecule has 2 aromatic rings. The molecule has 170 valence electrons. The number of nitrogens with zero attached hydrogens (tertiary/aromatic N) is 2. The Balaban J connectivity index is 1.57. The van der Waals surface area contributed by atoms with Crippen LogP contribution in [-0.2, 0) is 13.1 Å². The van der Waals surface area contributed by atoms with Crippen molar-refractivity contribution in [3.8, 4) is 11.5 Å². The lowest BCUT2D eigenvalue weighted by atomic mass is 10.1. The highest BCUT2D eigenvalue weighted by atomic mass is 19.1. The number of aliphatic hydroxyl groups excluding tert-OH is 2. The number of hydrogen-bond acceptors (Lipinski definition) is 6. The molecule has 1 atom stereocenters. The molecule has 6 nitrogen and oxygen atoms in total. The van der Waals surface area contributed by atoms with Gasteiger partial charge in [-0.3, -0.25) is 4.90 Å². The molecule has 0 aliphatic carbocycles. The molecule has 0 aromatic heterocycles. The van der Waals surface area contributed by atoms with Crippen molar-refractivity contribution in [1.29, 1.82) is 0 Å². The monoisotopic (exact) mass is 432 g/mol. The predicted molar refractivity (Wildman–Crippen MR) is 118 cm³/mol. The molecule has 0 amide bonds. The summed E-state index contributed by atoms with van der Waals surface area (Å²) < 4.78 is 24.5. The molecule has 31 heavy (non-hydrogen) atoms. The zero-order valence-corrected chi connectivity index (χ0v) is 18.3. The third-order valence-corrected chi connectivity index (χ3v) is 5.53. The van der Waals surface area contributed by atoms with Crippen LogP contribution in [0.1, 0.15) is 24.0 Å². The molecule has 1 aliphatic rings. The van der Waals surface area contributed by atoms with E-state index in [0.29, 0.717) is 25.4 Å². The molecular weight excluding hydrogens is 399 g/mol. The number of hydrogen-bond donors (Lipinski definition) is 2. The quantitative estimate of drug-likeness (QED) is 0.602. The fraction of sp³-hybridized carbons (Fsp3) is 0.500. The Bertz CT molecular complexity index is 810. The van der Waals surface area contributed by atoms with Crippen LogP contribution < -0.4 is 9.47 Å². The van der Waals surface area contributed by atoms with Crippen molar-refractivity contribution in [3.05, 3.63) is 59.4 Å². The van der Waals surface area contributed by atoms with Gasteiger partial charge in [0, 0.05) is 38.3 Å². The van der Waals surface area contributed by atoms with Crippen LogP contribution in [0.3, 0.4) is 0 Å². The molecule has 0 saturated carbocycles. The van der Waals surface area contributed by atoms with Crippen molar-refractivity contribution in [3.63, 3.8) is 0 Å². The number of ether oxygens (including phenoxy) is 2. The minimum atomic E-state index is -0.609. The van der Waals surface area contributed by atoms with Gasteiger partial charge in [0.05, 0.1) is 13.2 Å². The Hall–Kier alpha value is -2.19. The van der Waals surface area contributed by atoms with Crippen molar-refractivity contribution >= 4 is 0 Å². The zero-order valence-electron chi connectivity index (χ0n) is 18.3.